The molecule has 0 saturated heterocycles. The third-order valence-corrected chi connectivity index (χ3v) is 6.69. The third-order valence-electron chi connectivity index (χ3n) is 6.29. The summed E-state index contributed by atoms with van der Waals surface area (Å²) in [5.74, 6) is -4.67. The molecule has 0 radical (unpaired) electrons. The number of H-pyrrole nitrogens is 1. The molecule has 2 aromatic carbocycles. The van der Waals surface area contributed by atoms with E-state index in [9.17, 15) is 34.2 Å². The molecule has 1 heterocycles. The third kappa shape index (κ3) is 8.71. The number of carbonyl (C=O) groups excluding carboxylic acids is 4. The van der Waals surface area contributed by atoms with Crippen molar-refractivity contribution in [3.63, 3.8) is 0 Å². The van der Waals surface area contributed by atoms with Gasteiger partial charge in [-0.2, -0.15) is 12.6 Å². The van der Waals surface area contributed by atoms with Gasteiger partial charge in [0.2, 0.25) is 23.6 Å². The van der Waals surface area contributed by atoms with Crippen molar-refractivity contribution >= 4 is 53.1 Å². The largest absolute Gasteiger partial charge is 0.508 e. The molecule has 41 heavy (non-hydrogen) atoms. The molecule has 13 nitrogen and oxygen atoms in total. The van der Waals surface area contributed by atoms with Gasteiger partial charge in [0.1, 0.15) is 23.9 Å². The molecule has 4 atom stereocenters. The molecule has 3 rings (SSSR count). The van der Waals surface area contributed by atoms with Crippen LogP contribution in [0.25, 0.3) is 10.9 Å². The lowest BCUT2D eigenvalue weighted by Gasteiger charge is -2.25. The van der Waals surface area contributed by atoms with E-state index in [1.165, 1.54) is 12.1 Å². The maximum Gasteiger partial charge on any atom is 0.326 e. The summed E-state index contributed by atoms with van der Waals surface area (Å²) in [6.07, 6.45) is 0.936. The van der Waals surface area contributed by atoms with Gasteiger partial charge < -0.3 is 42.6 Å². The molecule has 0 spiro atoms. The Morgan fingerprint density at radius 2 is 1.44 bits per heavy atom. The maximum atomic E-state index is 13.6. The highest BCUT2D eigenvalue weighted by Crippen LogP contribution is 2.19. The van der Waals surface area contributed by atoms with Crippen LogP contribution in [0.3, 0.4) is 0 Å². The average molecular weight is 585 g/mol. The van der Waals surface area contributed by atoms with Crippen molar-refractivity contribution in [2.45, 2.75) is 43.4 Å². The molecular weight excluding hydrogens is 552 g/mol. The topological polar surface area (TPSA) is 230 Å². The molecule has 0 aliphatic rings. The Balaban J connectivity index is 1.91. The number of nitrogens with two attached hydrogens (primary N) is 2. The Labute approximate surface area is 240 Å². The Morgan fingerprint density at radius 1 is 0.854 bits per heavy atom. The first kappa shape index (κ1) is 31.0. The second-order valence-corrected chi connectivity index (χ2v) is 9.78. The number of carbonyl (C=O) groups is 5. The summed E-state index contributed by atoms with van der Waals surface area (Å²) < 4.78 is 0. The minimum Gasteiger partial charge on any atom is -0.508 e. The first-order chi connectivity index (χ1) is 19.5. The molecule has 0 saturated carbocycles. The lowest BCUT2D eigenvalue weighted by atomic mass is 10.0. The molecule has 0 bridgehead atoms. The Morgan fingerprint density at radius 3 is 2.05 bits per heavy atom. The summed E-state index contributed by atoms with van der Waals surface area (Å²) in [4.78, 5) is 65.6. The molecular formula is C27H32N6O7S. The van der Waals surface area contributed by atoms with Gasteiger partial charge in [-0.3, -0.25) is 19.2 Å². The fourth-order valence-corrected chi connectivity index (χ4v) is 4.28. The van der Waals surface area contributed by atoms with Crippen molar-refractivity contribution in [1.29, 1.82) is 0 Å². The number of amides is 4. The number of nitrogens with one attached hydrogen (secondary N) is 4. The van der Waals surface area contributed by atoms with E-state index in [0.29, 0.717) is 11.1 Å². The predicted molar refractivity (Wildman–Crippen MR) is 153 cm³/mol. The van der Waals surface area contributed by atoms with Crippen molar-refractivity contribution in [1.82, 2.24) is 20.9 Å². The van der Waals surface area contributed by atoms with Crippen LogP contribution in [0, 0.1) is 0 Å². The number of phenols is 1. The summed E-state index contributed by atoms with van der Waals surface area (Å²) >= 11 is 4.02. The first-order valence-electron chi connectivity index (χ1n) is 12.6. The second kappa shape index (κ2) is 14.2. The zero-order valence-electron chi connectivity index (χ0n) is 21.9. The number of benzene rings is 2. The van der Waals surface area contributed by atoms with Gasteiger partial charge in [-0.15, -0.1) is 0 Å². The number of aromatic amines is 1. The highest BCUT2D eigenvalue weighted by Gasteiger charge is 2.31. The number of aromatic nitrogens is 1. The lowest BCUT2D eigenvalue weighted by molar-refractivity contribution is -0.143. The maximum absolute atomic E-state index is 13.6. The van der Waals surface area contributed by atoms with Gasteiger partial charge >= 0.3 is 5.97 Å². The number of phenolic OH excluding ortho intramolecular Hbond substituents is 1. The van der Waals surface area contributed by atoms with E-state index in [1.807, 2.05) is 18.2 Å². The van der Waals surface area contributed by atoms with E-state index in [2.05, 4.69) is 33.6 Å². The standard InChI is InChI=1S/C27H32N6O7S/c28-18(13-41)24(36)31-20(9-14-5-7-16(34)8-6-14)25(37)32-21(26(38)33-22(27(39)40)11-23(29)35)10-15-12-30-19-4-2-1-3-17(15)19/h1-8,12,18,20-22,30,34,41H,9-11,13,28H2,(H2,29,35)(H,31,36)(H,32,37)(H,33,38)(H,39,40). The summed E-state index contributed by atoms with van der Waals surface area (Å²) in [6.45, 7) is 0. The van der Waals surface area contributed by atoms with Crippen LogP contribution in [0.2, 0.25) is 0 Å². The monoisotopic (exact) mass is 584 g/mol. The zero-order chi connectivity index (χ0) is 30.1. The first-order valence-corrected chi connectivity index (χ1v) is 13.2. The highest BCUT2D eigenvalue weighted by atomic mass is 32.1. The number of primary amides is 1. The summed E-state index contributed by atoms with van der Waals surface area (Å²) in [6, 6.07) is 8.10. The lowest BCUT2D eigenvalue weighted by Crippen LogP contribution is -2.58. The van der Waals surface area contributed by atoms with E-state index >= 15 is 0 Å². The summed E-state index contributed by atoms with van der Waals surface area (Å²) in [5.41, 5.74) is 12.9. The molecule has 0 fully saturated rings. The Kier molecular flexibility index (Phi) is 10.7. The van der Waals surface area contributed by atoms with Gasteiger partial charge in [-0.05, 0) is 29.3 Å². The van der Waals surface area contributed by atoms with Crippen LogP contribution in [-0.2, 0) is 36.8 Å². The second-order valence-electron chi connectivity index (χ2n) is 9.42. The number of hydrogen-bond donors (Lipinski definition) is 9. The minimum absolute atomic E-state index is 0.00953. The number of para-hydroxylation sites is 1. The summed E-state index contributed by atoms with van der Waals surface area (Å²) in [7, 11) is 0. The van der Waals surface area contributed by atoms with Gasteiger partial charge in [0.15, 0.2) is 0 Å². The van der Waals surface area contributed by atoms with Crippen LogP contribution in [-0.4, -0.2) is 74.7 Å². The van der Waals surface area contributed by atoms with E-state index in [-0.39, 0.29) is 24.3 Å². The van der Waals surface area contributed by atoms with Crippen molar-refractivity contribution in [3.8, 4) is 5.75 Å². The number of rotatable bonds is 14. The van der Waals surface area contributed by atoms with E-state index in [0.717, 1.165) is 10.9 Å². The van der Waals surface area contributed by atoms with Gasteiger partial charge in [-0.25, -0.2) is 4.79 Å². The number of aliphatic carboxylic acids is 1. The quantitative estimate of drug-likeness (QED) is 0.110. The number of carboxylic acids is 1. The van der Waals surface area contributed by atoms with Gasteiger partial charge in [0.05, 0.1) is 12.5 Å². The molecule has 218 valence electrons. The zero-order valence-corrected chi connectivity index (χ0v) is 22.8. The normalized spacial score (nSPS) is 13.9. The van der Waals surface area contributed by atoms with Crippen LogP contribution >= 0.6 is 12.6 Å². The van der Waals surface area contributed by atoms with E-state index in [4.69, 9.17) is 11.5 Å². The number of fused-ring (bicyclic) bond motifs is 1. The van der Waals surface area contributed by atoms with Crippen LogP contribution in [0.15, 0.2) is 54.7 Å². The van der Waals surface area contributed by atoms with Crippen molar-refractivity contribution < 1.29 is 34.2 Å². The minimum atomic E-state index is -1.62. The van der Waals surface area contributed by atoms with Crippen LogP contribution in [0.1, 0.15) is 17.5 Å². The number of thiol groups is 1. The van der Waals surface area contributed by atoms with Crippen molar-refractivity contribution in [2.24, 2.45) is 11.5 Å². The SMILES string of the molecule is NC(=O)CC(NC(=O)C(Cc1c[nH]c2ccccc12)NC(=O)C(Cc1ccc(O)cc1)NC(=O)C(N)CS)C(=O)O. The van der Waals surface area contributed by atoms with Gasteiger partial charge in [-0.1, -0.05) is 30.3 Å². The Hall–Kier alpha value is -4.56. The molecule has 1 aromatic heterocycles. The van der Waals surface area contributed by atoms with E-state index in [1.54, 1.807) is 24.4 Å². The van der Waals surface area contributed by atoms with Gasteiger partial charge in [0, 0.05) is 35.7 Å². The number of carboxylic acid groups (broad SMARTS) is 1. The molecule has 10 N–H and O–H groups in total. The van der Waals surface area contributed by atoms with Crippen LogP contribution < -0.4 is 27.4 Å². The van der Waals surface area contributed by atoms with Crippen LogP contribution in [0.4, 0.5) is 0 Å². The molecule has 14 heteroatoms. The molecule has 0 aliphatic carbocycles. The smallest absolute Gasteiger partial charge is 0.326 e. The predicted octanol–water partition coefficient (Wildman–Crippen LogP) is -0.670. The number of aromatic hydroxyl groups is 1. The van der Waals surface area contributed by atoms with Crippen molar-refractivity contribution in [3.05, 3.63) is 65.9 Å². The molecule has 0 aliphatic heterocycles. The summed E-state index contributed by atoms with van der Waals surface area (Å²) in [5, 5.41) is 27.3. The van der Waals surface area contributed by atoms with Gasteiger partial charge in [0.25, 0.3) is 0 Å². The van der Waals surface area contributed by atoms with Crippen molar-refractivity contribution in [2.75, 3.05) is 5.75 Å². The van der Waals surface area contributed by atoms with Crippen LogP contribution in [0.5, 0.6) is 5.75 Å². The molecule has 4 amide bonds. The number of hydrogen-bond acceptors (Lipinski definition) is 8. The fourth-order valence-electron chi connectivity index (χ4n) is 4.11. The fraction of sp³-hybridized carbons (Fsp3) is 0.296. The van der Waals surface area contributed by atoms with E-state index < -0.39 is 60.2 Å². The average Bonchev–Trinajstić information content (AvgIpc) is 3.34. The molecule has 4 unspecified atom stereocenters. The highest BCUT2D eigenvalue weighted by molar-refractivity contribution is 7.80. The Bertz CT molecular complexity index is 1410. The molecule has 3 aromatic rings.